The minimum Gasteiger partial charge on any atom is -0.508 e. The maximum Gasteiger partial charge on any atom is 0.338 e. The molecular weight excluding hydrogens is 306 g/mol. The molecule has 0 bridgehead atoms. The molecule has 0 aliphatic rings. The van der Waals surface area contributed by atoms with Gasteiger partial charge >= 0.3 is 5.97 Å². The summed E-state index contributed by atoms with van der Waals surface area (Å²) >= 11 is 0. The number of amides is 1. The summed E-state index contributed by atoms with van der Waals surface area (Å²) in [4.78, 5) is 24.0. The number of aromatic hydroxyl groups is 1. The summed E-state index contributed by atoms with van der Waals surface area (Å²) in [5, 5.41) is 12.0. The van der Waals surface area contributed by atoms with E-state index in [-0.39, 0.29) is 23.8 Å². The molecule has 2 rings (SSSR count). The molecule has 0 saturated heterocycles. The summed E-state index contributed by atoms with van der Waals surface area (Å²) in [6, 6.07) is 11.5. The molecule has 0 aliphatic carbocycles. The minimum absolute atomic E-state index is 0.0602. The number of anilines is 1. The van der Waals surface area contributed by atoms with Crippen molar-refractivity contribution < 1.29 is 19.4 Å². The SMILES string of the molecule is Cc1cccc(C(C)C)c1NC(=O)COC(=O)c1ccc(O)cc1. The Morgan fingerprint density at radius 3 is 2.42 bits per heavy atom. The highest BCUT2D eigenvalue weighted by Crippen LogP contribution is 2.27. The summed E-state index contributed by atoms with van der Waals surface area (Å²) in [5.74, 6) is -0.679. The molecule has 0 atom stereocenters. The Morgan fingerprint density at radius 1 is 1.12 bits per heavy atom. The molecule has 0 radical (unpaired) electrons. The fourth-order valence-electron chi connectivity index (χ4n) is 2.33. The molecule has 0 unspecified atom stereocenters. The fourth-order valence-corrected chi connectivity index (χ4v) is 2.33. The van der Waals surface area contributed by atoms with Gasteiger partial charge in [0.1, 0.15) is 5.75 Å². The first-order valence-corrected chi connectivity index (χ1v) is 7.74. The zero-order chi connectivity index (χ0) is 17.7. The van der Waals surface area contributed by atoms with E-state index in [1.807, 2.05) is 25.1 Å². The second-order valence-electron chi connectivity index (χ2n) is 5.87. The summed E-state index contributed by atoms with van der Waals surface area (Å²) < 4.78 is 5.01. The van der Waals surface area contributed by atoms with Gasteiger partial charge in [0.2, 0.25) is 0 Å². The lowest BCUT2D eigenvalue weighted by atomic mass is 9.98. The van der Waals surface area contributed by atoms with Crippen molar-refractivity contribution in [1.82, 2.24) is 0 Å². The van der Waals surface area contributed by atoms with Gasteiger partial charge in [-0.1, -0.05) is 32.0 Å². The van der Waals surface area contributed by atoms with Crippen molar-refractivity contribution in [3.63, 3.8) is 0 Å². The van der Waals surface area contributed by atoms with Gasteiger partial charge in [-0.3, -0.25) is 4.79 Å². The molecule has 0 saturated carbocycles. The number of rotatable bonds is 5. The number of para-hydroxylation sites is 1. The number of aryl methyl sites for hydroxylation is 1. The van der Waals surface area contributed by atoms with Crippen LogP contribution in [-0.4, -0.2) is 23.6 Å². The second kappa shape index (κ2) is 7.64. The molecule has 5 nitrogen and oxygen atoms in total. The molecule has 0 spiro atoms. The number of nitrogens with one attached hydrogen (secondary N) is 1. The number of phenols is 1. The van der Waals surface area contributed by atoms with E-state index in [0.29, 0.717) is 0 Å². The third-order valence-electron chi connectivity index (χ3n) is 3.63. The summed E-state index contributed by atoms with van der Waals surface area (Å²) in [6.07, 6.45) is 0. The van der Waals surface area contributed by atoms with E-state index in [1.54, 1.807) is 0 Å². The Bertz CT molecular complexity index is 736. The minimum atomic E-state index is -0.612. The van der Waals surface area contributed by atoms with Crippen LogP contribution in [-0.2, 0) is 9.53 Å². The van der Waals surface area contributed by atoms with Crippen LogP contribution in [0.2, 0.25) is 0 Å². The second-order valence-corrected chi connectivity index (χ2v) is 5.87. The Labute approximate surface area is 141 Å². The highest BCUT2D eigenvalue weighted by molar-refractivity contribution is 5.96. The van der Waals surface area contributed by atoms with Gasteiger partial charge in [0.25, 0.3) is 5.91 Å². The molecule has 2 N–H and O–H groups in total. The summed E-state index contributed by atoms with van der Waals surface area (Å²) in [5.41, 5.74) is 3.03. The van der Waals surface area contributed by atoms with E-state index in [4.69, 9.17) is 4.74 Å². The highest BCUT2D eigenvalue weighted by Gasteiger charge is 2.14. The molecule has 2 aromatic rings. The average Bonchev–Trinajstić information content (AvgIpc) is 2.55. The average molecular weight is 327 g/mol. The molecule has 24 heavy (non-hydrogen) atoms. The predicted octanol–water partition coefficient (Wildman–Crippen LogP) is 3.62. The molecule has 0 fully saturated rings. The zero-order valence-corrected chi connectivity index (χ0v) is 14.0. The van der Waals surface area contributed by atoms with Crippen molar-refractivity contribution in [2.24, 2.45) is 0 Å². The molecular formula is C19H21NO4. The first-order valence-electron chi connectivity index (χ1n) is 7.74. The van der Waals surface area contributed by atoms with Crippen molar-refractivity contribution in [2.45, 2.75) is 26.7 Å². The van der Waals surface area contributed by atoms with Crippen LogP contribution in [0, 0.1) is 6.92 Å². The van der Waals surface area contributed by atoms with Crippen LogP contribution in [0.4, 0.5) is 5.69 Å². The van der Waals surface area contributed by atoms with E-state index in [0.717, 1.165) is 16.8 Å². The number of ether oxygens (including phenoxy) is 1. The standard InChI is InChI=1S/C19H21NO4/c1-12(2)16-6-4-5-13(3)18(16)20-17(22)11-24-19(23)14-7-9-15(21)10-8-14/h4-10,12,21H,11H2,1-3H3,(H,20,22). The van der Waals surface area contributed by atoms with Crippen molar-refractivity contribution in [3.8, 4) is 5.75 Å². The monoisotopic (exact) mass is 327 g/mol. The van der Waals surface area contributed by atoms with Gasteiger partial charge in [0.15, 0.2) is 6.61 Å². The maximum absolute atomic E-state index is 12.1. The van der Waals surface area contributed by atoms with Crippen LogP contribution in [0.25, 0.3) is 0 Å². The third-order valence-corrected chi connectivity index (χ3v) is 3.63. The maximum atomic E-state index is 12.1. The van der Waals surface area contributed by atoms with Gasteiger partial charge in [-0.05, 0) is 48.2 Å². The van der Waals surface area contributed by atoms with Gasteiger partial charge < -0.3 is 15.2 Å². The van der Waals surface area contributed by atoms with Crippen LogP contribution in [0.5, 0.6) is 5.75 Å². The number of hydrogen-bond donors (Lipinski definition) is 2. The number of esters is 1. The van der Waals surface area contributed by atoms with E-state index in [9.17, 15) is 14.7 Å². The Kier molecular flexibility index (Phi) is 5.58. The van der Waals surface area contributed by atoms with Gasteiger partial charge in [-0.25, -0.2) is 4.79 Å². The van der Waals surface area contributed by atoms with Gasteiger partial charge in [-0.2, -0.15) is 0 Å². The topological polar surface area (TPSA) is 75.6 Å². The zero-order valence-electron chi connectivity index (χ0n) is 14.0. The summed E-state index contributed by atoms with van der Waals surface area (Å²) in [7, 11) is 0. The number of carbonyl (C=O) groups excluding carboxylic acids is 2. The van der Waals surface area contributed by atoms with Crippen molar-refractivity contribution in [2.75, 3.05) is 11.9 Å². The van der Waals surface area contributed by atoms with Crippen molar-refractivity contribution in [3.05, 3.63) is 59.2 Å². The smallest absolute Gasteiger partial charge is 0.338 e. The highest BCUT2D eigenvalue weighted by atomic mass is 16.5. The number of carbonyl (C=O) groups is 2. The fraction of sp³-hybridized carbons (Fsp3) is 0.263. The lowest BCUT2D eigenvalue weighted by Crippen LogP contribution is -2.22. The summed E-state index contributed by atoms with van der Waals surface area (Å²) in [6.45, 7) is 5.65. The van der Waals surface area contributed by atoms with E-state index >= 15 is 0 Å². The van der Waals surface area contributed by atoms with Gasteiger partial charge in [-0.15, -0.1) is 0 Å². The first-order chi connectivity index (χ1) is 11.4. The molecule has 126 valence electrons. The Balaban J connectivity index is 1.99. The van der Waals surface area contributed by atoms with Crippen LogP contribution in [0.1, 0.15) is 41.3 Å². The lowest BCUT2D eigenvalue weighted by Gasteiger charge is -2.16. The van der Waals surface area contributed by atoms with Crippen molar-refractivity contribution in [1.29, 1.82) is 0 Å². The molecule has 0 heterocycles. The number of benzene rings is 2. The van der Waals surface area contributed by atoms with Gasteiger partial charge in [0, 0.05) is 5.69 Å². The largest absolute Gasteiger partial charge is 0.508 e. The molecule has 2 aromatic carbocycles. The quantitative estimate of drug-likeness (QED) is 0.823. The van der Waals surface area contributed by atoms with Crippen LogP contribution in [0.15, 0.2) is 42.5 Å². The third kappa shape index (κ3) is 4.35. The molecule has 1 amide bonds. The van der Waals surface area contributed by atoms with Crippen LogP contribution < -0.4 is 5.32 Å². The van der Waals surface area contributed by atoms with E-state index in [2.05, 4.69) is 19.2 Å². The van der Waals surface area contributed by atoms with Crippen molar-refractivity contribution >= 4 is 17.6 Å². The van der Waals surface area contributed by atoms with E-state index in [1.165, 1.54) is 24.3 Å². The predicted molar refractivity (Wildman–Crippen MR) is 92.3 cm³/mol. The Hall–Kier alpha value is -2.82. The van der Waals surface area contributed by atoms with Crippen LogP contribution in [0.3, 0.4) is 0 Å². The normalized spacial score (nSPS) is 10.5. The first kappa shape index (κ1) is 17.5. The molecule has 0 aliphatic heterocycles. The van der Waals surface area contributed by atoms with E-state index < -0.39 is 11.9 Å². The molecule has 0 aromatic heterocycles. The Morgan fingerprint density at radius 2 is 1.79 bits per heavy atom. The number of hydrogen-bond acceptors (Lipinski definition) is 4. The van der Waals surface area contributed by atoms with Crippen LogP contribution >= 0.6 is 0 Å². The lowest BCUT2D eigenvalue weighted by molar-refractivity contribution is -0.119. The molecule has 5 heteroatoms. The van der Waals surface area contributed by atoms with Gasteiger partial charge in [0.05, 0.1) is 5.56 Å². The number of phenolic OH excluding ortho intramolecular Hbond substituents is 1.